The van der Waals surface area contributed by atoms with Crippen LogP contribution in [-0.4, -0.2) is 47.5 Å². The minimum atomic E-state index is -0.242. The Kier molecular flexibility index (Phi) is 4.89. The number of alkyl halides is 1. The van der Waals surface area contributed by atoms with Gasteiger partial charge in [-0.3, -0.25) is 9.18 Å². The Hall–Kier alpha value is -3.61. The van der Waals surface area contributed by atoms with Gasteiger partial charge < -0.3 is 20.4 Å². The average Bonchev–Trinajstić information content (AvgIpc) is 3.43. The van der Waals surface area contributed by atoms with Gasteiger partial charge in [0.05, 0.1) is 24.5 Å². The molecule has 0 aromatic heterocycles. The van der Waals surface area contributed by atoms with Crippen molar-refractivity contribution in [2.75, 3.05) is 25.1 Å². The van der Waals surface area contributed by atoms with Crippen LogP contribution < -0.4 is 10.6 Å². The fraction of sp³-hybridized carbons (Fsp3) is 0.308. The number of carbonyl (C=O) groups excluding carboxylic acids is 1. The van der Waals surface area contributed by atoms with Gasteiger partial charge >= 0.3 is 0 Å². The lowest BCUT2D eigenvalue weighted by molar-refractivity contribution is -0.115. The Morgan fingerprint density at radius 3 is 2.67 bits per heavy atom. The summed E-state index contributed by atoms with van der Waals surface area (Å²) in [7, 11) is 0. The number of likely N-dealkylation sites (tertiary alicyclic amines) is 1. The van der Waals surface area contributed by atoms with Crippen LogP contribution in [0.1, 0.15) is 29.5 Å². The summed E-state index contributed by atoms with van der Waals surface area (Å²) in [5.41, 5.74) is 6.16. The van der Waals surface area contributed by atoms with E-state index in [1.165, 1.54) is 0 Å². The van der Waals surface area contributed by atoms with Crippen molar-refractivity contribution in [2.45, 2.75) is 25.4 Å². The van der Waals surface area contributed by atoms with E-state index in [9.17, 15) is 9.18 Å². The summed E-state index contributed by atoms with van der Waals surface area (Å²) in [6, 6.07) is 16.5. The van der Waals surface area contributed by atoms with Crippen molar-refractivity contribution in [3.8, 4) is 0 Å². The molecule has 1 saturated heterocycles. The number of fused-ring (bicyclic) bond motifs is 2. The van der Waals surface area contributed by atoms with Crippen molar-refractivity contribution in [1.29, 1.82) is 0 Å². The predicted octanol–water partition coefficient (Wildman–Crippen LogP) is 3.80. The lowest BCUT2D eigenvalue weighted by Gasteiger charge is -2.39. The summed E-state index contributed by atoms with van der Waals surface area (Å²) in [5.74, 6) is 1.16. The molecule has 6 rings (SSSR count). The number of benzene rings is 2. The topological polar surface area (TPSA) is 60.0 Å². The van der Waals surface area contributed by atoms with Crippen molar-refractivity contribution in [2.24, 2.45) is 10.9 Å². The third kappa shape index (κ3) is 3.48. The monoisotopic (exact) mass is 443 g/mol. The smallest absolute Gasteiger partial charge is 0.228 e. The highest BCUT2D eigenvalue weighted by Gasteiger charge is 2.39. The molecule has 2 N–H and O–H groups in total. The summed E-state index contributed by atoms with van der Waals surface area (Å²) >= 11 is 0. The van der Waals surface area contributed by atoms with E-state index in [1.807, 2.05) is 36.7 Å². The molecule has 0 aliphatic carbocycles. The van der Waals surface area contributed by atoms with Crippen LogP contribution >= 0.6 is 0 Å². The van der Waals surface area contributed by atoms with Gasteiger partial charge in [-0.15, -0.1) is 0 Å². The molecule has 1 unspecified atom stereocenters. The molecule has 0 spiro atoms. The fourth-order valence-corrected chi connectivity index (χ4v) is 5.20. The molecule has 33 heavy (non-hydrogen) atoms. The molecule has 1 fully saturated rings. The third-order valence-electron chi connectivity index (χ3n) is 6.96. The van der Waals surface area contributed by atoms with E-state index in [0.717, 1.165) is 65.5 Å². The lowest BCUT2D eigenvalue weighted by Crippen LogP contribution is -2.53. The van der Waals surface area contributed by atoms with Crippen LogP contribution in [0.5, 0.6) is 0 Å². The van der Waals surface area contributed by atoms with Gasteiger partial charge in [-0.1, -0.05) is 36.4 Å². The number of hydrogen-bond acceptors (Lipinski definition) is 5. The largest absolute Gasteiger partial charge is 0.357 e. The summed E-state index contributed by atoms with van der Waals surface area (Å²) in [6.07, 6.45) is 5.83. The van der Waals surface area contributed by atoms with Gasteiger partial charge in [0, 0.05) is 36.7 Å². The number of carbonyl (C=O) groups is 1. The Morgan fingerprint density at radius 1 is 1.06 bits per heavy atom. The SMILES string of the molecule is O=C1Cc2cc(C3=C(c4ccccc4)NC4C(N5CCC(CF)CC5)=NC=CN34)ccc2N1. The third-order valence-corrected chi connectivity index (χ3v) is 6.96. The quantitative estimate of drug-likeness (QED) is 0.758. The Bertz CT molecular complexity index is 1180. The molecule has 1 amide bonds. The number of nitrogens with zero attached hydrogens (tertiary/aromatic N) is 3. The number of anilines is 1. The molecule has 7 heteroatoms. The standard InChI is InChI=1S/C26H26FN5O/c27-16-17-8-11-31(12-9-17)25-26-30-23(18-4-2-1-3-5-18)24(32(26)13-10-28-25)19-6-7-21-20(14-19)15-22(33)29-21/h1-7,10,13-14,17,26,30H,8-9,11-12,15-16H2,(H,29,33). The number of piperidine rings is 1. The summed E-state index contributed by atoms with van der Waals surface area (Å²) in [4.78, 5) is 21.2. The maximum atomic E-state index is 13.1. The first-order chi connectivity index (χ1) is 16.2. The first-order valence-corrected chi connectivity index (χ1v) is 11.5. The number of amidine groups is 1. The Morgan fingerprint density at radius 2 is 1.88 bits per heavy atom. The summed E-state index contributed by atoms with van der Waals surface area (Å²) in [5, 5.41) is 6.65. The molecule has 4 heterocycles. The van der Waals surface area contributed by atoms with Crippen molar-refractivity contribution < 1.29 is 9.18 Å². The average molecular weight is 444 g/mol. The van der Waals surface area contributed by atoms with Gasteiger partial charge in [-0.05, 0) is 42.0 Å². The highest BCUT2D eigenvalue weighted by molar-refractivity contribution is 6.02. The first kappa shape index (κ1) is 20.0. The molecule has 4 aliphatic heterocycles. The van der Waals surface area contributed by atoms with Crippen LogP contribution in [0, 0.1) is 5.92 Å². The van der Waals surface area contributed by atoms with Crippen molar-refractivity contribution in [3.05, 3.63) is 77.6 Å². The number of nitrogens with one attached hydrogen (secondary N) is 2. The summed E-state index contributed by atoms with van der Waals surface area (Å²) < 4.78 is 13.1. The molecule has 0 radical (unpaired) electrons. The lowest BCUT2D eigenvalue weighted by atomic mass is 9.98. The van der Waals surface area contributed by atoms with E-state index in [2.05, 4.69) is 44.7 Å². The van der Waals surface area contributed by atoms with E-state index in [1.54, 1.807) is 0 Å². The fourth-order valence-electron chi connectivity index (χ4n) is 5.20. The van der Waals surface area contributed by atoms with E-state index >= 15 is 0 Å². The Labute approximate surface area is 192 Å². The van der Waals surface area contributed by atoms with E-state index < -0.39 is 0 Å². The zero-order valence-corrected chi connectivity index (χ0v) is 18.3. The minimum Gasteiger partial charge on any atom is -0.357 e. The molecule has 168 valence electrons. The maximum Gasteiger partial charge on any atom is 0.228 e. The molecule has 6 nitrogen and oxygen atoms in total. The van der Waals surface area contributed by atoms with E-state index in [-0.39, 0.29) is 24.7 Å². The van der Waals surface area contributed by atoms with Crippen molar-refractivity contribution in [3.63, 3.8) is 0 Å². The van der Waals surface area contributed by atoms with Crippen molar-refractivity contribution in [1.82, 2.24) is 15.1 Å². The molecule has 0 saturated carbocycles. The van der Waals surface area contributed by atoms with Gasteiger partial charge in [0.1, 0.15) is 5.84 Å². The van der Waals surface area contributed by atoms with Gasteiger partial charge in [0.15, 0.2) is 6.17 Å². The molecule has 2 aromatic carbocycles. The second-order valence-corrected chi connectivity index (χ2v) is 9.01. The van der Waals surface area contributed by atoms with Crippen LogP contribution in [-0.2, 0) is 11.2 Å². The number of hydrogen-bond donors (Lipinski definition) is 2. The Balaban J connectivity index is 1.38. The highest BCUT2D eigenvalue weighted by atomic mass is 19.1. The highest BCUT2D eigenvalue weighted by Crippen LogP contribution is 2.39. The van der Waals surface area contributed by atoms with Crippen LogP contribution in [0.15, 0.2) is 65.9 Å². The molecule has 0 bridgehead atoms. The maximum absolute atomic E-state index is 13.1. The van der Waals surface area contributed by atoms with Crippen LogP contribution in [0.3, 0.4) is 0 Å². The van der Waals surface area contributed by atoms with Crippen LogP contribution in [0.4, 0.5) is 10.1 Å². The molecular formula is C26H26FN5O. The van der Waals surface area contributed by atoms with E-state index in [0.29, 0.717) is 6.42 Å². The van der Waals surface area contributed by atoms with Gasteiger partial charge in [-0.2, -0.15) is 0 Å². The van der Waals surface area contributed by atoms with Crippen LogP contribution in [0.25, 0.3) is 11.4 Å². The molecule has 4 aliphatic rings. The number of amides is 1. The van der Waals surface area contributed by atoms with Gasteiger partial charge in [0.25, 0.3) is 0 Å². The first-order valence-electron chi connectivity index (χ1n) is 11.5. The zero-order valence-electron chi connectivity index (χ0n) is 18.3. The normalized spacial score (nSPS) is 22.2. The summed E-state index contributed by atoms with van der Waals surface area (Å²) in [6.45, 7) is 1.39. The molecule has 1 atom stereocenters. The zero-order chi connectivity index (χ0) is 22.4. The minimum absolute atomic E-state index is 0.0332. The second-order valence-electron chi connectivity index (χ2n) is 9.01. The number of rotatable bonds is 3. The number of aliphatic imine (C=N–C) groups is 1. The van der Waals surface area contributed by atoms with Gasteiger partial charge in [0.2, 0.25) is 5.91 Å². The van der Waals surface area contributed by atoms with Crippen molar-refractivity contribution >= 4 is 28.8 Å². The number of halogens is 1. The van der Waals surface area contributed by atoms with Gasteiger partial charge in [-0.25, -0.2) is 4.99 Å². The van der Waals surface area contributed by atoms with Crippen LogP contribution in [0.2, 0.25) is 0 Å². The predicted molar refractivity (Wildman–Crippen MR) is 128 cm³/mol. The second kappa shape index (κ2) is 8.06. The molecule has 2 aromatic rings. The van der Waals surface area contributed by atoms with E-state index in [4.69, 9.17) is 4.99 Å². The molecular weight excluding hydrogens is 417 g/mol.